The zero-order valence-corrected chi connectivity index (χ0v) is 26.0. The van der Waals surface area contributed by atoms with Crippen molar-refractivity contribution in [2.24, 2.45) is 0 Å². The molecule has 0 heterocycles. The Bertz CT molecular complexity index is 2300. The summed E-state index contributed by atoms with van der Waals surface area (Å²) in [6, 6.07) is 71.8. The minimum Gasteiger partial charge on any atom is -0.310 e. The van der Waals surface area contributed by atoms with Crippen LogP contribution in [0.4, 0.5) is 17.1 Å². The summed E-state index contributed by atoms with van der Waals surface area (Å²) in [5.74, 6) is 0. The van der Waals surface area contributed by atoms with Gasteiger partial charge in [0.2, 0.25) is 0 Å². The first-order chi connectivity index (χ1) is 23.3. The monoisotopic (exact) mass is 599 g/mol. The topological polar surface area (TPSA) is 3.24 Å². The van der Waals surface area contributed by atoms with Crippen LogP contribution >= 0.6 is 0 Å². The third kappa shape index (κ3) is 5.72. The van der Waals surface area contributed by atoms with Crippen LogP contribution in [0, 0.1) is 0 Å². The van der Waals surface area contributed by atoms with E-state index in [9.17, 15) is 0 Å². The van der Waals surface area contributed by atoms with Crippen molar-refractivity contribution in [2.45, 2.75) is 0 Å². The summed E-state index contributed by atoms with van der Waals surface area (Å²) in [4.78, 5) is 2.38. The molecular formula is C46H33N. The van der Waals surface area contributed by atoms with Gasteiger partial charge in [-0.3, -0.25) is 0 Å². The van der Waals surface area contributed by atoms with Gasteiger partial charge >= 0.3 is 0 Å². The molecule has 0 aliphatic carbocycles. The highest BCUT2D eigenvalue weighted by Crippen LogP contribution is 2.41. The lowest BCUT2D eigenvalue weighted by Crippen LogP contribution is -2.10. The van der Waals surface area contributed by atoms with E-state index in [1.165, 1.54) is 55.3 Å². The summed E-state index contributed by atoms with van der Waals surface area (Å²) >= 11 is 0. The van der Waals surface area contributed by atoms with Gasteiger partial charge in [0, 0.05) is 17.1 Å². The summed E-state index contributed by atoms with van der Waals surface area (Å²) in [5.41, 5.74) is 12.9. The van der Waals surface area contributed by atoms with Gasteiger partial charge in [-0.05, 0) is 91.7 Å². The molecule has 0 amide bonds. The summed E-state index contributed by atoms with van der Waals surface area (Å²) in [7, 11) is 0. The minimum atomic E-state index is 1.10. The molecule has 8 aromatic carbocycles. The Morgan fingerprint density at radius 1 is 0.255 bits per heavy atom. The summed E-state index contributed by atoms with van der Waals surface area (Å²) in [6.45, 7) is 0. The van der Waals surface area contributed by atoms with Crippen LogP contribution in [0.3, 0.4) is 0 Å². The maximum Gasteiger partial charge on any atom is 0.0467 e. The largest absolute Gasteiger partial charge is 0.310 e. The fourth-order valence-electron chi connectivity index (χ4n) is 6.61. The second-order valence-electron chi connectivity index (χ2n) is 11.8. The van der Waals surface area contributed by atoms with Gasteiger partial charge < -0.3 is 4.90 Å². The number of nitrogens with zero attached hydrogens (tertiary/aromatic N) is 1. The van der Waals surface area contributed by atoms with E-state index >= 15 is 0 Å². The molecule has 8 aromatic rings. The third-order valence-electron chi connectivity index (χ3n) is 8.84. The van der Waals surface area contributed by atoms with E-state index in [4.69, 9.17) is 0 Å². The Morgan fingerprint density at radius 3 is 1.32 bits per heavy atom. The molecule has 0 fully saturated rings. The highest BCUT2D eigenvalue weighted by Gasteiger charge is 2.17. The van der Waals surface area contributed by atoms with Gasteiger partial charge in [-0.25, -0.2) is 0 Å². The number of fused-ring (bicyclic) bond motifs is 1. The predicted molar refractivity (Wildman–Crippen MR) is 200 cm³/mol. The molecular weight excluding hydrogens is 567 g/mol. The molecule has 0 radical (unpaired) electrons. The zero-order valence-electron chi connectivity index (χ0n) is 26.0. The molecule has 1 heteroatoms. The zero-order chi connectivity index (χ0) is 31.4. The molecule has 0 bridgehead atoms. The van der Waals surface area contributed by atoms with Crippen LogP contribution < -0.4 is 4.90 Å². The lowest BCUT2D eigenvalue weighted by Gasteiger charge is -2.27. The molecule has 0 spiro atoms. The lowest BCUT2D eigenvalue weighted by molar-refractivity contribution is 1.28. The average molecular weight is 600 g/mol. The van der Waals surface area contributed by atoms with E-state index in [2.05, 4.69) is 205 Å². The Morgan fingerprint density at radius 2 is 0.660 bits per heavy atom. The van der Waals surface area contributed by atoms with Crippen molar-refractivity contribution in [1.82, 2.24) is 0 Å². The van der Waals surface area contributed by atoms with E-state index in [1.54, 1.807) is 0 Å². The highest BCUT2D eigenvalue weighted by molar-refractivity contribution is 5.97. The van der Waals surface area contributed by atoms with Gasteiger partial charge in [-0.15, -0.1) is 0 Å². The van der Waals surface area contributed by atoms with Gasteiger partial charge in [0.25, 0.3) is 0 Å². The van der Waals surface area contributed by atoms with Crippen molar-refractivity contribution in [3.63, 3.8) is 0 Å². The van der Waals surface area contributed by atoms with Crippen molar-refractivity contribution < 1.29 is 0 Å². The standard InChI is InChI=1S/C46H33N/c1-3-15-34(16-4-1)37-21-11-24-40(31-37)47(42-26-13-23-39(33-42)46-30-14-20-36-19-7-8-27-44(36)46)41-25-12-22-38(32-41)45-29-10-9-28-43(45)35-17-5-2-6-18-35/h1-33H. The van der Waals surface area contributed by atoms with Crippen molar-refractivity contribution in [3.05, 3.63) is 200 Å². The summed E-state index contributed by atoms with van der Waals surface area (Å²) in [5, 5.41) is 2.50. The van der Waals surface area contributed by atoms with Gasteiger partial charge in [-0.1, -0.05) is 164 Å². The third-order valence-corrected chi connectivity index (χ3v) is 8.84. The molecule has 0 unspecified atom stereocenters. The molecule has 0 atom stereocenters. The molecule has 0 aliphatic heterocycles. The normalized spacial score (nSPS) is 11.0. The van der Waals surface area contributed by atoms with Crippen molar-refractivity contribution in [3.8, 4) is 44.5 Å². The van der Waals surface area contributed by atoms with Crippen molar-refractivity contribution in [2.75, 3.05) is 4.90 Å². The molecule has 222 valence electrons. The van der Waals surface area contributed by atoms with Crippen LogP contribution in [0.5, 0.6) is 0 Å². The fourth-order valence-corrected chi connectivity index (χ4v) is 6.61. The smallest absolute Gasteiger partial charge is 0.0467 e. The number of anilines is 3. The predicted octanol–water partition coefficient (Wildman–Crippen LogP) is 13.0. The molecule has 0 saturated carbocycles. The van der Waals surface area contributed by atoms with E-state index < -0.39 is 0 Å². The number of rotatable bonds is 7. The number of hydrogen-bond donors (Lipinski definition) is 0. The first-order valence-corrected chi connectivity index (χ1v) is 16.1. The van der Waals surface area contributed by atoms with E-state index in [0.29, 0.717) is 0 Å². The van der Waals surface area contributed by atoms with Crippen LogP contribution in [0.25, 0.3) is 55.3 Å². The van der Waals surface area contributed by atoms with Gasteiger partial charge in [-0.2, -0.15) is 0 Å². The van der Waals surface area contributed by atoms with Crippen molar-refractivity contribution in [1.29, 1.82) is 0 Å². The highest BCUT2D eigenvalue weighted by atomic mass is 15.1. The summed E-state index contributed by atoms with van der Waals surface area (Å²) < 4.78 is 0. The molecule has 8 rings (SSSR count). The maximum atomic E-state index is 2.38. The van der Waals surface area contributed by atoms with E-state index in [-0.39, 0.29) is 0 Å². The van der Waals surface area contributed by atoms with Crippen molar-refractivity contribution >= 4 is 27.8 Å². The van der Waals surface area contributed by atoms with E-state index in [1.807, 2.05) is 0 Å². The van der Waals surface area contributed by atoms with Crippen LogP contribution in [-0.2, 0) is 0 Å². The molecule has 0 N–H and O–H groups in total. The second-order valence-corrected chi connectivity index (χ2v) is 11.8. The molecule has 47 heavy (non-hydrogen) atoms. The number of hydrogen-bond acceptors (Lipinski definition) is 1. The Balaban J connectivity index is 1.30. The minimum absolute atomic E-state index is 1.10. The fraction of sp³-hybridized carbons (Fsp3) is 0. The maximum absolute atomic E-state index is 2.38. The van der Waals surface area contributed by atoms with Gasteiger partial charge in [0.05, 0.1) is 0 Å². The summed E-state index contributed by atoms with van der Waals surface area (Å²) in [6.07, 6.45) is 0. The van der Waals surface area contributed by atoms with Gasteiger partial charge in [0.15, 0.2) is 0 Å². The first-order valence-electron chi connectivity index (χ1n) is 16.1. The van der Waals surface area contributed by atoms with Gasteiger partial charge in [0.1, 0.15) is 0 Å². The van der Waals surface area contributed by atoms with Crippen LogP contribution in [0.1, 0.15) is 0 Å². The number of benzene rings is 8. The van der Waals surface area contributed by atoms with E-state index in [0.717, 1.165) is 17.1 Å². The quantitative estimate of drug-likeness (QED) is 0.176. The molecule has 1 nitrogen and oxygen atoms in total. The SMILES string of the molecule is c1ccc(-c2cccc(N(c3cccc(-c4ccccc4-c4ccccc4)c3)c3cccc(-c4cccc5ccccc45)c3)c2)cc1. The first kappa shape index (κ1) is 28.3. The molecule has 0 aliphatic rings. The Labute approximate surface area is 276 Å². The molecule has 0 aromatic heterocycles. The Kier molecular flexibility index (Phi) is 7.63. The molecule has 0 saturated heterocycles. The lowest BCUT2D eigenvalue weighted by atomic mass is 9.94. The van der Waals surface area contributed by atoms with Crippen LogP contribution in [0.2, 0.25) is 0 Å². The Hall–Kier alpha value is -6.18. The van der Waals surface area contributed by atoms with Crippen LogP contribution in [-0.4, -0.2) is 0 Å². The average Bonchev–Trinajstić information content (AvgIpc) is 3.16. The van der Waals surface area contributed by atoms with Crippen LogP contribution in [0.15, 0.2) is 200 Å². The second kappa shape index (κ2) is 12.7.